The molecule has 4 nitrogen and oxygen atoms in total. The second-order valence-corrected chi connectivity index (χ2v) is 10.6. The summed E-state index contributed by atoms with van der Waals surface area (Å²) < 4.78 is 5.75. The van der Waals surface area contributed by atoms with E-state index in [4.69, 9.17) is 4.74 Å². The van der Waals surface area contributed by atoms with Crippen LogP contribution in [0.3, 0.4) is 0 Å². The predicted molar refractivity (Wildman–Crippen MR) is 138 cm³/mol. The summed E-state index contributed by atoms with van der Waals surface area (Å²) in [6.07, 6.45) is 19.9. The van der Waals surface area contributed by atoms with Gasteiger partial charge in [0.25, 0.3) is 0 Å². The van der Waals surface area contributed by atoms with E-state index in [1.54, 1.807) is 0 Å². The van der Waals surface area contributed by atoms with Gasteiger partial charge in [-0.25, -0.2) is 9.97 Å². The second-order valence-electron chi connectivity index (χ2n) is 10.6. The van der Waals surface area contributed by atoms with E-state index in [-0.39, 0.29) is 11.9 Å². The van der Waals surface area contributed by atoms with Crippen LogP contribution in [0.2, 0.25) is 0 Å². The zero-order valence-electron chi connectivity index (χ0n) is 21.2. The van der Waals surface area contributed by atoms with Crippen LogP contribution in [0.4, 0.5) is 0 Å². The van der Waals surface area contributed by atoms with Gasteiger partial charge in [0.15, 0.2) is 5.82 Å². The van der Waals surface area contributed by atoms with Crippen LogP contribution in [-0.4, -0.2) is 15.9 Å². The molecule has 0 spiro atoms. The highest BCUT2D eigenvalue weighted by Gasteiger charge is 2.33. The van der Waals surface area contributed by atoms with Crippen LogP contribution in [0.5, 0.6) is 5.75 Å². The van der Waals surface area contributed by atoms with Crippen molar-refractivity contribution in [3.8, 4) is 17.1 Å². The Bertz CT molecular complexity index is 877. The summed E-state index contributed by atoms with van der Waals surface area (Å²) >= 11 is 0. The Balaban J connectivity index is 1.23. The van der Waals surface area contributed by atoms with E-state index in [2.05, 4.69) is 23.8 Å². The number of rotatable bonds is 9. The molecule has 0 N–H and O–H groups in total. The normalized spacial score (nSPS) is 25.1. The zero-order valence-corrected chi connectivity index (χ0v) is 21.2. The lowest BCUT2D eigenvalue weighted by molar-refractivity contribution is -0.140. The molecule has 184 valence electrons. The van der Waals surface area contributed by atoms with E-state index in [9.17, 15) is 4.79 Å². The number of carbonyl (C=O) groups is 1. The quantitative estimate of drug-likeness (QED) is 0.282. The molecule has 1 aromatic heterocycles. The molecule has 2 aliphatic carbocycles. The maximum Gasteiger partial charge on any atom is 0.314 e. The van der Waals surface area contributed by atoms with Crippen LogP contribution in [-0.2, 0) is 11.2 Å². The lowest BCUT2D eigenvalue weighted by Gasteiger charge is -2.37. The first-order valence-corrected chi connectivity index (χ1v) is 13.8. The van der Waals surface area contributed by atoms with Crippen molar-refractivity contribution in [3.63, 3.8) is 0 Å². The van der Waals surface area contributed by atoms with Crippen LogP contribution in [0.1, 0.15) is 96.5 Å². The van der Waals surface area contributed by atoms with Gasteiger partial charge in [-0.3, -0.25) is 4.79 Å². The Hall–Kier alpha value is -2.23. The van der Waals surface area contributed by atoms with Gasteiger partial charge in [-0.2, -0.15) is 0 Å². The Morgan fingerprint density at radius 2 is 1.47 bits per heavy atom. The summed E-state index contributed by atoms with van der Waals surface area (Å²) in [7, 11) is 0. The average molecular weight is 463 g/mol. The number of unbranched alkanes of at least 4 members (excludes halogenated alkanes) is 1. The number of ether oxygens (including phenoxy) is 1. The third-order valence-corrected chi connectivity index (χ3v) is 8.22. The van der Waals surface area contributed by atoms with Crippen LogP contribution in [0.25, 0.3) is 11.4 Å². The molecular formula is C30H42N2O2. The fraction of sp³-hybridized carbons (Fsp3) is 0.633. The molecule has 1 heterocycles. The fourth-order valence-electron chi connectivity index (χ4n) is 6.07. The number of aromatic nitrogens is 2. The lowest BCUT2D eigenvalue weighted by atomic mass is 9.69. The van der Waals surface area contributed by atoms with Crippen LogP contribution < -0.4 is 4.74 Å². The van der Waals surface area contributed by atoms with Gasteiger partial charge in [0.2, 0.25) is 0 Å². The van der Waals surface area contributed by atoms with Gasteiger partial charge in [0, 0.05) is 18.0 Å². The van der Waals surface area contributed by atoms with Crippen molar-refractivity contribution in [3.05, 3.63) is 42.2 Å². The molecule has 0 radical (unpaired) electrons. The smallest absolute Gasteiger partial charge is 0.314 e. The standard InChI is InChI=1S/C30H42N2O2/c1-3-5-7-23-20-31-29(32-21-23)26-16-18-28(19-17-26)34-30(33)27-14-12-25(13-15-27)24-10-8-22(6-4-2)9-11-24/h16-22,24-25,27H,3-15H2,1-2H3. The summed E-state index contributed by atoms with van der Waals surface area (Å²) in [5.74, 6) is 3.99. The molecule has 2 aromatic rings. The minimum atomic E-state index is -0.0608. The van der Waals surface area contributed by atoms with Crippen molar-refractivity contribution in [2.24, 2.45) is 23.7 Å². The number of nitrogens with zero attached hydrogens (tertiary/aromatic N) is 2. The van der Waals surface area contributed by atoms with Gasteiger partial charge in [-0.15, -0.1) is 0 Å². The summed E-state index contributed by atoms with van der Waals surface area (Å²) in [5.41, 5.74) is 2.12. The maximum absolute atomic E-state index is 12.8. The largest absolute Gasteiger partial charge is 0.426 e. The molecule has 0 atom stereocenters. The minimum Gasteiger partial charge on any atom is -0.426 e. The van der Waals surface area contributed by atoms with E-state index in [0.717, 1.165) is 49.0 Å². The van der Waals surface area contributed by atoms with Crippen molar-refractivity contribution in [1.29, 1.82) is 0 Å². The third kappa shape index (κ3) is 6.67. The summed E-state index contributed by atoms with van der Waals surface area (Å²) in [4.78, 5) is 21.8. The Morgan fingerprint density at radius 3 is 2.06 bits per heavy atom. The highest BCUT2D eigenvalue weighted by molar-refractivity contribution is 5.75. The van der Waals surface area contributed by atoms with Crippen molar-refractivity contribution < 1.29 is 9.53 Å². The number of hydrogen-bond acceptors (Lipinski definition) is 4. The van der Waals surface area contributed by atoms with Crippen molar-refractivity contribution in [2.45, 2.75) is 97.3 Å². The number of aryl methyl sites for hydroxylation is 1. The lowest BCUT2D eigenvalue weighted by Crippen LogP contribution is -2.30. The summed E-state index contributed by atoms with van der Waals surface area (Å²) in [5, 5.41) is 0. The molecule has 4 heteroatoms. The topological polar surface area (TPSA) is 52.1 Å². The highest BCUT2D eigenvalue weighted by Crippen LogP contribution is 2.42. The maximum atomic E-state index is 12.8. The van der Waals surface area contributed by atoms with E-state index in [1.807, 2.05) is 36.7 Å². The molecule has 1 aromatic carbocycles. The molecule has 0 saturated heterocycles. The van der Waals surface area contributed by atoms with E-state index in [1.165, 1.54) is 63.4 Å². The molecule has 2 aliphatic rings. The summed E-state index contributed by atoms with van der Waals surface area (Å²) in [6, 6.07) is 7.61. The van der Waals surface area contributed by atoms with Gasteiger partial charge in [-0.1, -0.05) is 46.0 Å². The molecule has 2 saturated carbocycles. The number of carbonyl (C=O) groups excluding carboxylic acids is 1. The van der Waals surface area contributed by atoms with Crippen LogP contribution in [0.15, 0.2) is 36.7 Å². The second kappa shape index (κ2) is 12.5. The molecule has 4 rings (SSSR count). The first-order chi connectivity index (χ1) is 16.7. The molecule has 0 amide bonds. The molecule has 0 bridgehead atoms. The molecule has 2 fully saturated rings. The van der Waals surface area contributed by atoms with Crippen molar-refractivity contribution in [2.75, 3.05) is 0 Å². The Labute approximate surface area is 205 Å². The van der Waals surface area contributed by atoms with E-state index in [0.29, 0.717) is 11.6 Å². The zero-order chi connectivity index (χ0) is 23.8. The predicted octanol–water partition coefficient (Wildman–Crippen LogP) is 7.80. The van der Waals surface area contributed by atoms with Crippen LogP contribution in [0, 0.1) is 23.7 Å². The third-order valence-electron chi connectivity index (χ3n) is 8.22. The fourth-order valence-corrected chi connectivity index (χ4v) is 6.07. The number of benzene rings is 1. The Morgan fingerprint density at radius 1 is 0.853 bits per heavy atom. The molecule has 0 unspecified atom stereocenters. The monoisotopic (exact) mass is 462 g/mol. The minimum absolute atomic E-state index is 0.0476. The van der Waals surface area contributed by atoms with E-state index >= 15 is 0 Å². The van der Waals surface area contributed by atoms with Crippen LogP contribution >= 0.6 is 0 Å². The van der Waals surface area contributed by atoms with Gasteiger partial charge in [0.05, 0.1) is 5.92 Å². The molecule has 0 aliphatic heterocycles. The van der Waals surface area contributed by atoms with Crippen molar-refractivity contribution in [1.82, 2.24) is 9.97 Å². The van der Waals surface area contributed by atoms with Gasteiger partial charge >= 0.3 is 5.97 Å². The van der Waals surface area contributed by atoms with Gasteiger partial charge < -0.3 is 4.74 Å². The highest BCUT2D eigenvalue weighted by atomic mass is 16.5. The number of esters is 1. The SMILES string of the molecule is CCCCc1cnc(-c2ccc(OC(=O)C3CCC(C4CCC(CCC)CC4)CC3)cc2)nc1. The first kappa shape index (κ1) is 24.9. The van der Waals surface area contributed by atoms with Gasteiger partial charge in [-0.05, 0) is 98.9 Å². The summed E-state index contributed by atoms with van der Waals surface area (Å²) in [6.45, 7) is 4.50. The van der Waals surface area contributed by atoms with Crippen molar-refractivity contribution >= 4 is 5.97 Å². The first-order valence-electron chi connectivity index (χ1n) is 13.8. The molecular weight excluding hydrogens is 420 g/mol. The number of hydrogen-bond donors (Lipinski definition) is 0. The average Bonchev–Trinajstić information content (AvgIpc) is 2.89. The molecule has 34 heavy (non-hydrogen) atoms. The Kier molecular flexibility index (Phi) is 9.12. The van der Waals surface area contributed by atoms with E-state index < -0.39 is 0 Å². The van der Waals surface area contributed by atoms with Gasteiger partial charge in [0.1, 0.15) is 5.75 Å².